The van der Waals surface area contributed by atoms with E-state index < -0.39 is 8.07 Å². The first-order valence-electron chi connectivity index (χ1n) is 18.1. The fourth-order valence-corrected chi connectivity index (χ4v) is 12.9. The third-order valence-electron chi connectivity index (χ3n) is 10.4. The first-order valence-corrected chi connectivity index (χ1v) is 20.1. The van der Waals surface area contributed by atoms with Crippen molar-refractivity contribution in [2.24, 2.45) is 0 Å². The van der Waals surface area contributed by atoms with Gasteiger partial charge >= 0.3 is 0 Å². The van der Waals surface area contributed by atoms with Gasteiger partial charge in [0, 0.05) is 44.4 Å². The van der Waals surface area contributed by atoms with Crippen LogP contribution < -0.4 is 20.7 Å². The smallest absolute Gasteiger partial charge is 0.179 e. The van der Waals surface area contributed by atoms with Crippen molar-refractivity contribution in [2.75, 3.05) is 0 Å². The maximum atomic E-state index is 2.53. The van der Waals surface area contributed by atoms with Crippen LogP contribution in [0, 0.1) is 0 Å². The molecule has 0 atom stereocenters. The van der Waals surface area contributed by atoms with E-state index in [1.165, 1.54) is 65.3 Å². The molecule has 6 aromatic carbocycles. The lowest BCUT2D eigenvalue weighted by atomic mass is 9.91. The number of benzene rings is 6. The van der Waals surface area contributed by atoms with Gasteiger partial charge in [-0.1, -0.05) is 169 Å². The van der Waals surface area contributed by atoms with Crippen molar-refractivity contribution < 1.29 is 0 Å². The first kappa shape index (κ1) is 32.8. The molecule has 0 radical (unpaired) electrons. The molecule has 3 heteroatoms. The Kier molecular flexibility index (Phi) is 8.00. The van der Waals surface area contributed by atoms with Gasteiger partial charge in [0.1, 0.15) is 0 Å². The molecule has 2 aromatic heterocycles. The summed E-state index contributed by atoms with van der Waals surface area (Å²) in [6, 6.07) is 63.8. The molecule has 8 aromatic rings. The molecular formula is C48H46N2Si. The molecule has 0 N–H and O–H groups in total. The molecule has 0 bridgehead atoms. The highest BCUT2D eigenvalue weighted by molar-refractivity contribution is 7.20. The van der Waals surface area contributed by atoms with Crippen LogP contribution in [0.4, 0.5) is 0 Å². The lowest BCUT2D eigenvalue weighted by Crippen LogP contribution is -2.74. The summed E-state index contributed by atoms with van der Waals surface area (Å²) in [5.41, 5.74) is 7.25. The maximum Gasteiger partial charge on any atom is 0.179 e. The van der Waals surface area contributed by atoms with Crippen LogP contribution in [0.5, 0.6) is 0 Å². The Bertz CT molecular complexity index is 2270. The minimum absolute atomic E-state index is 0.0846. The highest BCUT2D eigenvalue weighted by atomic mass is 28.3. The fraction of sp³-hybridized carbons (Fsp3) is 0.167. The van der Waals surface area contributed by atoms with Crippen LogP contribution in [-0.2, 0) is 10.8 Å². The van der Waals surface area contributed by atoms with E-state index in [1.807, 2.05) is 0 Å². The number of fused-ring (bicyclic) bond motifs is 2. The number of para-hydroxylation sites is 2. The largest absolute Gasteiger partial charge is 0.313 e. The Morgan fingerprint density at radius 1 is 0.353 bits per heavy atom. The predicted molar refractivity (Wildman–Crippen MR) is 221 cm³/mol. The van der Waals surface area contributed by atoms with Crippen molar-refractivity contribution in [1.29, 1.82) is 0 Å². The molecule has 252 valence electrons. The number of aromatic nitrogens is 2. The summed E-state index contributed by atoms with van der Waals surface area (Å²) < 4.78 is 5.07. The van der Waals surface area contributed by atoms with Gasteiger partial charge in [-0.2, -0.15) is 0 Å². The molecule has 0 aliphatic rings. The molecule has 0 saturated heterocycles. The Morgan fingerprint density at radius 3 is 1.04 bits per heavy atom. The van der Waals surface area contributed by atoms with Crippen LogP contribution in [-0.4, -0.2) is 17.2 Å². The molecule has 0 fully saturated rings. The summed E-state index contributed by atoms with van der Waals surface area (Å²) >= 11 is 0. The van der Waals surface area contributed by atoms with E-state index in [0.717, 1.165) is 0 Å². The zero-order chi connectivity index (χ0) is 35.4. The van der Waals surface area contributed by atoms with Crippen molar-refractivity contribution in [1.82, 2.24) is 9.13 Å². The van der Waals surface area contributed by atoms with E-state index >= 15 is 0 Å². The molecule has 0 aliphatic heterocycles. The van der Waals surface area contributed by atoms with Gasteiger partial charge < -0.3 is 9.13 Å². The average molecular weight is 679 g/mol. The molecule has 51 heavy (non-hydrogen) atoms. The van der Waals surface area contributed by atoms with Crippen molar-refractivity contribution in [2.45, 2.75) is 52.4 Å². The standard InChI is InChI=1S/C48H46N2Si/c1-47(2,3)45-30-35-20-16-18-28-43(35)49(45)37-32-38(50-44-29-19-17-21-36(44)31-46(50)48(4,5)6)34-42(33-37)51(39-22-10-7-11-23-39,40-24-12-8-13-25-40)41-26-14-9-15-27-41/h7-34H,1-6H3. The van der Waals surface area contributed by atoms with Crippen molar-refractivity contribution in [3.63, 3.8) is 0 Å². The summed E-state index contributed by atoms with van der Waals surface area (Å²) in [5.74, 6) is 0. The second-order valence-electron chi connectivity index (χ2n) is 15.9. The van der Waals surface area contributed by atoms with Crippen LogP contribution in [0.3, 0.4) is 0 Å². The van der Waals surface area contributed by atoms with Crippen LogP contribution >= 0.6 is 0 Å². The molecule has 2 nitrogen and oxygen atoms in total. The van der Waals surface area contributed by atoms with Crippen LogP contribution in [0.15, 0.2) is 170 Å². The molecule has 0 amide bonds. The zero-order valence-electron chi connectivity index (χ0n) is 30.6. The topological polar surface area (TPSA) is 9.86 Å². The first-order chi connectivity index (χ1) is 24.6. The second-order valence-corrected chi connectivity index (χ2v) is 19.7. The minimum Gasteiger partial charge on any atom is -0.313 e. The van der Waals surface area contributed by atoms with Crippen LogP contribution in [0.1, 0.15) is 52.9 Å². The van der Waals surface area contributed by atoms with Gasteiger partial charge in [0.2, 0.25) is 0 Å². The van der Waals surface area contributed by atoms with Crippen LogP contribution in [0.2, 0.25) is 0 Å². The summed E-state index contributed by atoms with van der Waals surface area (Å²) in [6.07, 6.45) is 0. The molecule has 0 saturated carbocycles. The Hall–Kier alpha value is -5.38. The number of nitrogens with zero attached hydrogens (tertiary/aromatic N) is 2. The van der Waals surface area contributed by atoms with Gasteiger partial charge in [-0.25, -0.2) is 0 Å². The Morgan fingerprint density at radius 2 is 0.686 bits per heavy atom. The Labute approximate surface area is 303 Å². The van der Waals surface area contributed by atoms with Gasteiger partial charge in [-0.15, -0.1) is 0 Å². The SMILES string of the molecule is CC(C)(C)c1cc2ccccc2n1-c1cc(-n2c(C(C)(C)C)cc3ccccc32)cc([Si](c2ccccc2)(c2ccccc2)c2ccccc2)c1. The van der Waals surface area contributed by atoms with Gasteiger partial charge in [-0.3, -0.25) is 0 Å². The summed E-state index contributed by atoms with van der Waals surface area (Å²) in [4.78, 5) is 0. The van der Waals surface area contributed by atoms with E-state index in [4.69, 9.17) is 0 Å². The van der Waals surface area contributed by atoms with E-state index in [1.54, 1.807) is 0 Å². The molecular weight excluding hydrogens is 633 g/mol. The number of hydrogen-bond acceptors (Lipinski definition) is 0. The number of hydrogen-bond donors (Lipinski definition) is 0. The van der Waals surface area contributed by atoms with Gasteiger partial charge in [0.15, 0.2) is 8.07 Å². The summed E-state index contributed by atoms with van der Waals surface area (Å²) in [7, 11) is -2.88. The highest BCUT2D eigenvalue weighted by Gasteiger charge is 2.42. The molecule has 8 rings (SSSR count). The van der Waals surface area contributed by atoms with Crippen molar-refractivity contribution in [3.8, 4) is 11.4 Å². The molecule has 0 unspecified atom stereocenters. The highest BCUT2D eigenvalue weighted by Crippen LogP contribution is 2.36. The maximum absolute atomic E-state index is 2.88. The van der Waals surface area contributed by atoms with Crippen molar-refractivity contribution in [3.05, 3.63) is 181 Å². The third-order valence-corrected chi connectivity index (χ3v) is 15.2. The van der Waals surface area contributed by atoms with Crippen molar-refractivity contribution >= 4 is 50.6 Å². The van der Waals surface area contributed by atoms with E-state index in [2.05, 4.69) is 221 Å². The lowest BCUT2D eigenvalue weighted by molar-refractivity contribution is 0.558. The summed E-state index contributed by atoms with van der Waals surface area (Å²) in [6.45, 7) is 14.0. The number of rotatable bonds is 6. The summed E-state index contributed by atoms with van der Waals surface area (Å²) in [5, 5.41) is 7.98. The fourth-order valence-electron chi connectivity index (χ4n) is 8.10. The molecule has 0 spiro atoms. The monoisotopic (exact) mass is 678 g/mol. The second kappa shape index (κ2) is 12.4. The van der Waals surface area contributed by atoms with Gasteiger partial charge in [0.25, 0.3) is 0 Å². The van der Waals surface area contributed by atoms with Gasteiger partial charge in [0.05, 0.1) is 11.0 Å². The lowest BCUT2D eigenvalue weighted by Gasteiger charge is -2.35. The normalized spacial score (nSPS) is 12.5. The average Bonchev–Trinajstić information content (AvgIpc) is 3.74. The Balaban J connectivity index is 1.58. The van der Waals surface area contributed by atoms with Crippen LogP contribution in [0.25, 0.3) is 33.2 Å². The quantitative estimate of drug-likeness (QED) is 0.123. The minimum atomic E-state index is -2.88. The predicted octanol–water partition coefficient (Wildman–Crippen LogP) is 9.55. The van der Waals surface area contributed by atoms with E-state index in [0.29, 0.717) is 0 Å². The van der Waals surface area contributed by atoms with E-state index in [-0.39, 0.29) is 10.8 Å². The van der Waals surface area contributed by atoms with Gasteiger partial charge in [-0.05, 0) is 63.2 Å². The zero-order valence-corrected chi connectivity index (χ0v) is 31.6. The van der Waals surface area contributed by atoms with E-state index in [9.17, 15) is 0 Å². The molecule has 2 heterocycles. The third kappa shape index (κ3) is 5.57. The molecule has 0 aliphatic carbocycles.